The molecule has 0 aromatic rings. The summed E-state index contributed by atoms with van der Waals surface area (Å²) in [6.45, 7) is 4.56. The molecular weight excluding hydrogens is 204 g/mol. The molecule has 0 spiro atoms. The summed E-state index contributed by atoms with van der Waals surface area (Å²) in [5, 5.41) is 8.20. The van der Waals surface area contributed by atoms with E-state index in [-0.39, 0.29) is 18.8 Å². The van der Waals surface area contributed by atoms with Gasteiger partial charge in [0.1, 0.15) is 19.6 Å². The summed E-state index contributed by atoms with van der Waals surface area (Å²) < 4.78 is 9.05. The van der Waals surface area contributed by atoms with Crippen molar-refractivity contribution >= 4 is 17.9 Å². The van der Waals surface area contributed by atoms with Crippen molar-refractivity contribution in [2.75, 3.05) is 13.2 Å². The van der Waals surface area contributed by atoms with Crippen molar-refractivity contribution in [3.05, 3.63) is 12.2 Å². The number of hydrogen-bond acceptors (Lipinski definition) is 5. The van der Waals surface area contributed by atoms with Gasteiger partial charge in [-0.25, -0.2) is 4.79 Å². The van der Waals surface area contributed by atoms with Crippen LogP contribution in [-0.2, 0) is 23.9 Å². The van der Waals surface area contributed by atoms with E-state index < -0.39 is 24.3 Å². The largest absolute Gasteiger partial charge is 0.481 e. The second-order valence-corrected chi connectivity index (χ2v) is 2.71. The van der Waals surface area contributed by atoms with Crippen molar-refractivity contribution in [2.24, 2.45) is 0 Å². The normalized spacial score (nSPS) is 9.13. The van der Waals surface area contributed by atoms with Crippen LogP contribution in [0, 0.1) is 0 Å². The Morgan fingerprint density at radius 1 is 1.20 bits per heavy atom. The molecule has 1 N–H and O–H groups in total. The fourth-order valence-electron chi connectivity index (χ4n) is 0.588. The van der Waals surface area contributed by atoms with Gasteiger partial charge in [0.25, 0.3) is 0 Å². The number of carboxylic acids is 1. The Bertz CT molecular complexity index is 280. The van der Waals surface area contributed by atoms with Crippen LogP contribution < -0.4 is 0 Å². The third kappa shape index (κ3) is 7.24. The van der Waals surface area contributed by atoms with Crippen LogP contribution in [-0.4, -0.2) is 36.2 Å². The maximum Gasteiger partial charge on any atom is 0.333 e. The van der Waals surface area contributed by atoms with Gasteiger partial charge in [0, 0.05) is 5.57 Å². The summed E-state index contributed by atoms with van der Waals surface area (Å²) >= 11 is 0. The van der Waals surface area contributed by atoms with Gasteiger partial charge in [0.05, 0.1) is 0 Å². The lowest BCUT2D eigenvalue weighted by Crippen LogP contribution is -2.16. The minimum atomic E-state index is -1.26. The van der Waals surface area contributed by atoms with E-state index >= 15 is 0 Å². The maximum absolute atomic E-state index is 10.8. The molecule has 0 saturated heterocycles. The van der Waals surface area contributed by atoms with Crippen LogP contribution in [0.15, 0.2) is 12.2 Å². The monoisotopic (exact) mass is 216 g/mol. The zero-order valence-corrected chi connectivity index (χ0v) is 8.32. The molecule has 15 heavy (non-hydrogen) atoms. The van der Waals surface area contributed by atoms with E-state index in [4.69, 9.17) is 5.11 Å². The number of carboxylic acid groups (broad SMARTS) is 1. The third-order valence-corrected chi connectivity index (χ3v) is 1.22. The van der Waals surface area contributed by atoms with Crippen LogP contribution in [0.25, 0.3) is 0 Å². The number of ether oxygens (including phenoxy) is 2. The standard InChI is InChI=1S/C9H12O6/c1-6(2)9(13)15-4-3-14-8(12)5-7(10)11/h1,3-5H2,2H3,(H,10,11). The smallest absolute Gasteiger partial charge is 0.333 e. The Hall–Kier alpha value is -1.85. The Morgan fingerprint density at radius 2 is 1.73 bits per heavy atom. The van der Waals surface area contributed by atoms with Crippen LogP contribution >= 0.6 is 0 Å². The number of hydrogen-bond donors (Lipinski definition) is 1. The predicted octanol–water partition coefficient (Wildman–Crippen LogP) is 0.124. The van der Waals surface area contributed by atoms with E-state index in [2.05, 4.69) is 16.1 Å². The van der Waals surface area contributed by atoms with Crippen molar-refractivity contribution in [3.63, 3.8) is 0 Å². The molecule has 0 unspecified atom stereocenters. The molecule has 0 amide bonds. The average Bonchev–Trinajstić information content (AvgIpc) is 2.10. The number of aliphatic carboxylic acids is 1. The highest BCUT2D eigenvalue weighted by Crippen LogP contribution is 1.92. The van der Waals surface area contributed by atoms with Crippen molar-refractivity contribution in [1.82, 2.24) is 0 Å². The van der Waals surface area contributed by atoms with Gasteiger partial charge in [-0.15, -0.1) is 0 Å². The van der Waals surface area contributed by atoms with Crippen LogP contribution in [0.5, 0.6) is 0 Å². The van der Waals surface area contributed by atoms with E-state index in [1.165, 1.54) is 6.92 Å². The highest BCUT2D eigenvalue weighted by atomic mass is 16.6. The van der Waals surface area contributed by atoms with E-state index in [9.17, 15) is 14.4 Å². The summed E-state index contributed by atoms with van der Waals surface area (Å²) in [6, 6.07) is 0. The van der Waals surface area contributed by atoms with Crippen LogP contribution in [0.1, 0.15) is 13.3 Å². The highest BCUT2D eigenvalue weighted by molar-refractivity contribution is 5.90. The molecular formula is C9H12O6. The lowest BCUT2D eigenvalue weighted by Gasteiger charge is -2.04. The quantitative estimate of drug-likeness (QED) is 0.293. The average molecular weight is 216 g/mol. The van der Waals surface area contributed by atoms with Gasteiger partial charge in [-0.3, -0.25) is 9.59 Å². The summed E-state index contributed by atoms with van der Waals surface area (Å²) in [4.78, 5) is 31.5. The first kappa shape index (κ1) is 13.2. The first-order chi connectivity index (χ1) is 6.93. The SMILES string of the molecule is C=C(C)C(=O)OCCOC(=O)CC(=O)O. The van der Waals surface area contributed by atoms with Crippen molar-refractivity contribution < 1.29 is 29.0 Å². The van der Waals surface area contributed by atoms with Gasteiger partial charge in [-0.05, 0) is 6.92 Å². The van der Waals surface area contributed by atoms with Crippen molar-refractivity contribution in [1.29, 1.82) is 0 Å². The minimum Gasteiger partial charge on any atom is -0.481 e. The molecule has 6 nitrogen and oxygen atoms in total. The van der Waals surface area contributed by atoms with Crippen LogP contribution in [0.4, 0.5) is 0 Å². The van der Waals surface area contributed by atoms with Gasteiger partial charge in [0.2, 0.25) is 0 Å². The lowest BCUT2D eigenvalue weighted by molar-refractivity contribution is -0.155. The Labute approximate surface area is 86.5 Å². The molecule has 0 rings (SSSR count). The van der Waals surface area contributed by atoms with E-state index in [1.807, 2.05) is 0 Å². The summed E-state index contributed by atoms with van der Waals surface area (Å²) in [6.07, 6.45) is -0.700. The van der Waals surface area contributed by atoms with E-state index in [0.717, 1.165) is 0 Å². The van der Waals surface area contributed by atoms with Gasteiger partial charge in [0.15, 0.2) is 0 Å². The Morgan fingerprint density at radius 3 is 2.20 bits per heavy atom. The molecule has 0 radical (unpaired) electrons. The Kier molecular flexibility index (Phi) is 5.77. The molecule has 0 aliphatic heterocycles. The van der Waals surface area contributed by atoms with Crippen LogP contribution in [0.2, 0.25) is 0 Å². The van der Waals surface area contributed by atoms with Crippen LogP contribution in [0.3, 0.4) is 0 Å². The summed E-state index contributed by atoms with van der Waals surface area (Å²) in [7, 11) is 0. The maximum atomic E-state index is 10.8. The second-order valence-electron chi connectivity index (χ2n) is 2.71. The fraction of sp³-hybridized carbons (Fsp3) is 0.444. The zero-order chi connectivity index (χ0) is 11.8. The molecule has 0 aliphatic rings. The topological polar surface area (TPSA) is 89.9 Å². The minimum absolute atomic E-state index is 0.114. The zero-order valence-electron chi connectivity index (χ0n) is 8.32. The van der Waals surface area contributed by atoms with Gasteiger partial charge >= 0.3 is 17.9 Å². The number of esters is 2. The molecule has 0 atom stereocenters. The predicted molar refractivity (Wildman–Crippen MR) is 49.0 cm³/mol. The first-order valence-corrected chi connectivity index (χ1v) is 4.13. The first-order valence-electron chi connectivity index (χ1n) is 4.13. The van der Waals surface area contributed by atoms with E-state index in [1.54, 1.807) is 0 Å². The van der Waals surface area contributed by atoms with Gasteiger partial charge in [-0.1, -0.05) is 6.58 Å². The second kappa shape index (κ2) is 6.58. The molecule has 0 aromatic heterocycles. The summed E-state index contributed by atoms with van der Waals surface area (Å²) in [5.41, 5.74) is 0.242. The number of carbonyl (C=O) groups is 3. The molecule has 0 aliphatic carbocycles. The summed E-state index contributed by atoms with van der Waals surface area (Å²) in [5.74, 6) is -2.71. The third-order valence-electron chi connectivity index (χ3n) is 1.22. The molecule has 0 aromatic carbocycles. The molecule has 0 fully saturated rings. The number of rotatable bonds is 6. The van der Waals surface area contributed by atoms with Gasteiger partial charge < -0.3 is 14.6 Å². The molecule has 0 bridgehead atoms. The molecule has 0 saturated carbocycles. The Balaban J connectivity index is 3.55. The fourth-order valence-corrected chi connectivity index (χ4v) is 0.588. The lowest BCUT2D eigenvalue weighted by atomic mass is 10.4. The molecule has 0 heterocycles. The highest BCUT2D eigenvalue weighted by Gasteiger charge is 2.09. The van der Waals surface area contributed by atoms with Gasteiger partial charge in [-0.2, -0.15) is 0 Å². The van der Waals surface area contributed by atoms with E-state index in [0.29, 0.717) is 0 Å². The molecule has 84 valence electrons. The molecule has 6 heteroatoms. The van der Waals surface area contributed by atoms with Crippen molar-refractivity contribution in [2.45, 2.75) is 13.3 Å². The van der Waals surface area contributed by atoms with Crippen molar-refractivity contribution in [3.8, 4) is 0 Å². The number of carbonyl (C=O) groups excluding carboxylic acids is 2.